The smallest absolute Gasteiger partial charge is 0.273 e. The molecule has 2 aromatic rings. The van der Waals surface area contributed by atoms with E-state index in [9.17, 15) is 4.79 Å². The molecule has 1 aliphatic heterocycles. The number of hydrogen-bond acceptors (Lipinski definition) is 8. The van der Waals surface area contributed by atoms with E-state index in [0.717, 1.165) is 38.4 Å². The SMILES string of the molecule is CCN1CCN(Cc2cc(C(=O)NCc3csc(N)n3)no2)CC1. The van der Waals surface area contributed by atoms with Gasteiger partial charge >= 0.3 is 0 Å². The van der Waals surface area contributed by atoms with E-state index in [0.29, 0.717) is 29.7 Å². The van der Waals surface area contributed by atoms with Crippen molar-refractivity contribution in [1.82, 2.24) is 25.3 Å². The molecular formula is C15H22N6O2S. The first-order valence-electron chi connectivity index (χ1n) is 8.02. The molecule has 0 radical (unpaired) electrons. The maximum absolute atomic E-state index is 12.1. The van der Waals surface area contributed by atoms with Gasteiger partial charge in [-0.3, -0.25) is 9.69 Å². The predicted molar refractivity (Wildman–Crippen MR) is 91.6 cm³/mol. The number of nitrogens with two attached hydrogens (primary N) is 1. The molecule has 3 heterocycles. The Morgan fingerprint density at radius 1 is 1.38 bits per heavy atom. The average Bonchev–Trinajstić information content (AvgIpc) is 3.22. The summed E-state index contributed by atoms with van der Waals surface area (Å²) in [5.41, 5.74) is 6.60. The van der Waals surface area contributed by atoms with Crippen LogP contribution in [0.2, 0.25) is 0 Å². The first-order valence-corrected chi connectivity index (χ1v) is 8.90. The fourth-order valence-corrected chi connectivity index (χ4v) is 3.21. The number of anilines is 1. The number of nitrogens with one attached hydrogen (secondary N) is 1. The Hall–Kier alpha value is -1.97. The molecule has 0 unspecified atom stereocenters. The summed E-state index contributed by atoms with van der Waals surface area (Å²) in [5.74, 6) is 0.440. The molecule has 1 fully saturated rings. The van der Waals surface area contributed by atoms with Gasteiger partial charge < -0.3 is 20.5 Å². The Kier molecular flexibility index (Phi) is 5.44. The summed E-state index contributed by atoms with van der Waals surface area (Å²) in [6.07, 6.45) is 0. The lowest BCUT2D eigenvalue weighted by molar-refractivity contribution is 0.0940. The van der Waals surface area contributed by atoms with Crippen molar-refractivity contribution in [1.29, 1.82) is 0 Å². The molecule has 0 aromatic carbocycles. The fourth-order valence-electron chi connectivity index (χ4n) is 2.64. The van der Waals surface area contributed by atoms with Gasteiger partial charge in [-0.15, -0.1) is 11.3 Å². The van der Waals surface area contributed by atoms with Crippen LogP contribution in [0.3, 0.4) is 0 Å². The second kappa shape index (κ2) is 7.73. The minimum absolute atomic E-state index is 0.271. The van der Waals surface area contributed by atoms with Crippen LogP contribution in [0, 0.1) is 0 Å². The van der Waals surface area contributed by atoms with Gasteiger partial charge in [-0.1, -0.05) is 12.1 Å². The summed E-state index contributed by atoms with van der Waals surface area (Å²) >= 11 is 1.35. The van der Waals surface area contributed by atoms with Crippen molar-refractivity contribution in [3.63, 3.8) is 0 Å². The van der Waals surface area contributed by atoms with Crippen LogP contribution in [0.5, 0.6) is 0 Å². The Morgan fingerprint density at radius 2 is 2.12 bits per heavy atom. The summed E-state index contributed by atoms with van der Waals surface area (Å²) in [6, 6.07) is 1.71. The van der Waals surface area contributed by atoms with Crippen LogP contribution in [-0.2, 0) is 13.1 Å². The van der Waals surface area contributed by atoms with Crippen LogP contribution >= 0.6 is 11.3 Å². The van der Waals surface area contributed by atoms with E-state index in [-0.39, 0.29) is 5.91 Å². The number of carbonyl (C=O) groups excluding carboxylic acids is 1. The highest BCUT2D eigenvalue weighted by Crippen LogP contribution is 2.12. The molecule has 8 nitrogen and oxygen atoms in total. The van der Waals surface area contributed by atoms with Gasteiger partial charge in [-0.05, 0) is 6.54 Å². The fraction of sp³-hybridized carbons (Fsp3) is 0.533. The predicted octanol–water partition coefficient (Wildman–Crippen LogP) is 0.781. The van der Waals surface area contributed by atoms with E-state index in [1.165, 1.54) is 11.3 Å². The van der Waals surface area contributed by atoms with Crippen molar-refractivity contribution < 1.29 is 9.32 Å². The molecule has 0 bridgehead atoms. The lowest BCUT2D eigenvalue weighted by Gasteiger charge is -2.33. The van der Waals surface area contributed by atoms with E-state index in [1.54, 1.807) is 6.07 Å². The third-order valence-electron chi connectivity index (χ3n) is 4.08. The second-order valence-electron chi connectivity index (χ2n) is 5.75. The number of piperazine rings is 1. The maximum Gasteiger partial charge on any atom is 0.273 e. The van der Waals surface area contributed by atoms with Gasteiger partial charge in [0.1, 0.15) is 0 Å². The first-order chi connectivity index (χ1) is 11.6. The lowest BCUT2D eigenvalue weighted by Crippen LogP contribution is -2.45. The normalized spacial score (nSPS) is 16.4. The van der Waals surface area contributed by atoms with E-state index in [2.05, 4.69) is 32.2 Å². The summed E-state index contributed by atoms with van der Waals surface area (Å²) < 4.78 is 5.30. The third kappa shape index (κ3) is 4.31. The largest absolute Gasteiger partial charge is 0.375 e. The van der Waals surface area contributed by atoms with Gasteiger partial charge in [0.05, 0.1) is 18.8 Å². The molecular weight excluding hydrogens is 328 g/mol. The van der Waals surface area contributed by atoms with Crippen molar-refractivity contribution in [2.45, 2.75) is 20.0 Å². The third-order valence-corrected chi connectivity index (χ3v) is 4.81. The number of rotatable bonds is 6. The molecule has 130 valence electrons. The van der Waals surface area contributed by atoms with E-state index in [4.69, 9.17) is 10.3 Å². The van der Waals surface area contributed by atoms with Crippen molar-refractivity contribution in [3.8, 4) is 0 Å². The van der Waals surface area contributed by atoms with Crippen LogP contribution in [-0.4, -0.2) is 58.6 Å². The molecule has 0 spiro atoms. The second-order valence-corrected chi connectivity index (χ2v) is 6.64. The Balaban J connectivity index is 1.48. The molecule has 1 amide bonds. The Bertz CT molecular complexity index is 677. The number of thiazole rings is 1. The van der Waals surface area contributed by atoms with Crippen molar-refractivity contribution in [2.24, 2.45) is 0 Å². The van der Waals surface area contributed by atoms with Crippen LogP contribution in [0.25, 0.3) is 0 Å². The molecule has 1 aliphatic rings. The molecule has 9 heteroatoms. The summed E-state index contributed by atoms with van der Waals surface area (Å²) in [7, 11) is 0. The van der Waals surface area contributed by atoms with Gasteiger partial charge in [-0.25, -0.2) is 4.98 Å². The highest BCUT2D eigenvalue weighted by molar-refractivity contribution is 7.13. The summed E-state index contributed by atoms with van der Waals surface area (Å²) in [5, 5.41) is 8.94. The van der Waals surface area contributed by atoms with Crippen molar-refractivity contribution in [3.05, 3.63) is 28.6 Å². The average molecular weight is 350 g/mol. The van der Waals surface area contributed by atoms with Crippen LogP contribution in [0.4, 0.5) is 5.13 Å². The van der Waals surface area contributed by atoms with E-state index >= 15 is 0 Å². The Labute approximate surface area is 144 Å². The van der Waals surface area contributed by atoms with Crippen LogP contribution in [0.1, 0.15) is 28.9 Å². The monoisotopic (exact) mass is 350 g/mol. The molecule has 3 N–H and O–H groups in total. The quantitative estimate of drug-likeness (QED) is 0.794. The van der Waals surface area contributed by atoms with Crippen molar-refractivity contribution in [2.75, 3.05) is 38.5 Å². The molecule has 0 aliphatic carbocycles. The van der Waals surface area contributed by atoms with Gasteiger partial charge in [-0.2, -0.15) is 0 Å². The Morgan fingerprint density at radius 3 is 2.79 bits per heavy atom. The molecule has 2 aromatic heterocycles. The van der Waals surface area contributed by atoms with Gasteiger partial charge in [0.25, 0.3) is 5.91 Å². The highest BCUT2D eigenvalue weighted by Gasteiger charge is 2.19. The van der Waals surface area contributed by atoms with E-state index in [1.807, 2.05) is 5.38 Å². The summed E-state index contributed by atoms with van der Waals surface area (Å²) in [6.45, 7) is 8.41. The molecule has 3 rings (SSSR count). The zero-order valence-electron chi connectivity index (χ0n) is 13.7. The number of hydrogen-bond donors (Lipinski definition) is 2. The standard InChI is InChI=1S/C15H22N6O2S/c1-2-20-3-5-21(6-4-20)9-12-7-13(19-23-12)14(22)17-8-11-10-24-15(16)18-11/h7,10H,2-6,8-9H2,1H3,(H2,16,18)(H,17,22). The lowest BCUT2D eigenvalue weighted by atomic mass is 10.3. The number of likely N-dealkylation sites (N-methyl/N-ethyl adjacent to an activating group) is 1. The maximum atomic E-state index is 12.1. The first kappa shape index (κ1) is 16.9. The van der Waals surface area contributed by atoms with Gasteiger partial charge in [0.15, 0.2) is 16.6 Å². The topological polar surface area (TPSA) is 101 Å². The number of amides is 1. The zero-order chi connectivity index (χ0) is 16.9. The number of carbonyl (C=O) groups is 1. The minimum atomic E-state index is -0.271. The minimum Gasteiger partial charge on any atom is -0.375 e. The number of nitrogen functional groups attached to an aromatic ring is 1. The number of nitrogens with zero attached hydrogens (tertiary/aromatic N) is 4. The molecule has 24 heavy (non-hydrogen) atoms. The van der Waals surface area contributed by atoms with Crippen molar-refractivity contribution >= 4 is 22.4 Å². The van der Waals surface area contributed by atoms with E-state index < -0.39 is 0 Å². The molecule has 0 saturated carbocycles. The van der Waals surface area contributed by atoms with Gasteiger partial charge in [0.2, 0.25) is 0 Å². The van der Waals surface area contributed by atoms with Crippen LogP contribution in [0.15, 0.2) is 16.0 Å². The number of aromatic nitrogens is 2. The van der Waals surface area contributed by atoms with Crippen LogP contribution < -0.4 is 11.1 Å². The molecule has 1 saturated heterocycles. The summed E-state index contributed by atoms with van der Waals surface area (Å²) in [4.78, 5) is 20.9. The zero-order valence-corrected chi connectivity index (χ0v) is 14.5. The van der Waals surface area contributed by atoms with Gasteiger partial charge in [0, 0.05) is 37.6 Å². The molecule has 0 atom stereocenters. The highest BCUT2D eigenvalue weighted by atomic mass is 32.1.